The van der Waals surface area contributed by atoms with Crippen LogP contribution in [-0.4, -0.2) is 32.8 Å². The Morgan fingerprint density at radius 2 is 1.67 bits per heavy atom. The van der Waals surface area contributed by atoms with Gasteiger partial charge in [0.25, 0.3) is 0 Å². The third-order valence-corrected chi connectivity index (χ3v) is 3.20. The third-order valence-electron chi connectivity index (χ3n) is 2.28. The van der Waals surface area contributed by atoms with Crippen molar-refractivity contribution in [2.45, 2.75) is 52.1 Å². The topological polar surface area (TPSA) is 58.2 Å². The van der Waals surface area contributed by atoms with E-state index in [1.165, 1.54) is 6.26 Å². The van der Waals surface area contributed by atoms with Crippen molar-refractivity contribution < 1.29 is 8.42 Å². The van der Waals surface area contributed by atoms with Crippen LogP contribution in [0, 0.1) is 0 Å². The number of sulfonamides is 1. The fraction of sp³-hybridized carbons (Fsp3) is 1.00. The molecule has 0 saturated carbocycles. The van der Waals surface area contributed by atoms with Gasteiger partial charge in [-0.2, -0.15) is 0 Å². The zero-order chi connectivity index (χ0) is 12.1. The smallest absolute Gasteiger partial charge is 0.209 e. The lowest BCUT2D eigenvalue weighted by atomic mass is 10.1. The Kier molecular flexibility index (Phi) is 5.77. The molecule has 0 aromatic heterocycles. The minimum absolute atomic E-state index is 0.434. The van der Waals surface area contributed by atoms with Gasteiger partial charge in [-0.1, -0.05) is 13.8 Å². The summed E-state index contributed by atoms with van der Waals surface area (Å²) in [7, 11) is -3.13. The van der Waals surface area contributed by atoms with Crippen molar-refractivity contribution in [1.29, 1.82) is 0 Å². The van der Waals surface area contributed by atoms with Crippen molar-refractivity contribution in [2.75, 3.05) is 12.8 Å². The molecule has 0 aromatic rings. The van der Waals surface area contributed by atoms with Gasteiger partial charge in [0.15, 0.2) is 0 Å². The summed E-state index contributed by atoms with van der Waals surface area (Å²) in [4.78, 5) is 0. The molecule has 15 heavy (non-hydrogen) atoms. The molecule has 0 unspecified atom stereocenters. The van der Waals surface area contributed by atoms with Crippen LogP contribution < -0.4 is 10.0 Å². The van der Waals surface area contributed by atoms with E-state index in [4.69, 9.17) is 0 Å². The maximum Gasteiger partial charge on any atom is 0.209 e. The summed E-state index contributed by atoms with van der Waals surface area (Å²) in [5.41, 5.74) is -0.434. The molecule has 4 nitrogen and oxygen atoms in total. The van der Waals surface area contributed by atoms with Crippen LogP contribution in [0.1, 0.15) is 40.5 Å². The fourth-order valence-electron chi connectivity index (χ4n) is 1.51. The van der Waals surface area contributed by atoms with Gasteiger partial charge in [0, 0.05) is 18.1 Å². The zero-order valence-electron chi connectivity index (χ0n) is 10.4. The predicted molar refractivity (Wildman–Crippen MR) is 64.4 cm³/mol. The lowest BCUT2D eigenvalue weighted by Gasteiger charge is -2.28. The summed E-state index contributed by atoms with van der Waals surface area (Å²) in [6, 6.07) is 0.464. The molecule has 92 valence electrons. The summed E-state index contributed by atoms with van der Waals surface area (Å²) in [6.45, 7) is 8.65. The molecule has 0 atom stereocenters. The van der Waals surface area contributed by atoms with Crippen LogP contribution in [0.15, 0.2) is 0 Å². The van der Waals surface area contributed by atoms with E-state index in [9.17, 15) is 8.42 Å². The first kappa shape index (κ1) is 14.9. The summed E-state index contributed by atoms with van der Waals surface area (Å²) >= 11 is 0. The number of hydrogen-bond acceptors (Lipinski definition) is 3. The fourth-order valence-corrected chi connectivity index (χ4v) is 2.59. The van der Waals surface area contributed by atoms with Gasteiger partial charge in [-0.05, 0) is 26.7 Å². The molecule has 0 radical (unpaired) electrons. The summed E-state index contributed by atoms with van der Waals surface area (Å²) in [5.74, 6) is 0. The second-order valence-electron chi connectivity index (χ2n) is 4.65. The molecule has 0 aromatic carbocycles. The van der Waals surface area contributed by atoms with Crippen molar-refractivity contribution >= 4 is 10.0 Å². The van der Waals surface area contributed by atoms with E-state index >= 15 is 0 Å². The van der Waals surface area contributed by atoms with Crippen LogP contribution in [0.25, 0.3) is 0 Å². The van der Waals surface area contributed by atoms with Gasteiger partial charge in [0.05, 0.1) is 6.26 Å². The molecule has 0 heterocycles. The van der Waals surface area contributed by atoms with E-state index in [1.807, 2.05) is 13.8 Å². The number of rotatable bonds is 7. The molecule has 0 bridgehead atoms. The zero-order valence-corrected chi connectivity index (χ0v) is 11.2. The van der Waals surface area contributed by atoms with Gasteiger partial charge in [0.2, 0.25) is 10.0 Å². The Bertz CT molecular complexity index is 269. The molecule has 0 aliphatic heterocycles. The average molecular weight is 236 g/mol. The first-order valence-corrected chi connectivity index (χ1v) is 7.31. The molecular formula is C10H24N2O2S. The molecule has 0 aliphatic carbocycles. The molecule has 0 fully saturated rings. The summed E-state index contributed by atoms with van der Waals surface area (Å²) in [6.07, 6.45) is 3.31. The van der Waals surface area contributed by atoms with Crippen molar-refractivity contribution in [3.63, 3.8) is 0 Å². The quantitative estimate of drug-likeness (QED) is 0.696. The molecule has 0 spiro atoms. The second kappa shape index (κ2) is 5.82. The highest BCUT2D eigenvalue weighted by molar-refractivity contribution is 7.88. The van der Waals surface area contributed by atoms with Crippen molar-refractivity contribution in [1.82, 2.24) is 10.0 Å². The van der Waals surface area contributed by atoms with E-state index in [-0.39, 0.29) is 0 Å². The van der Waals surface area contributed by atoms with Gasteiger partial charge >= 0.3 is 0 Å². The lowest BCUT2D eigenvalue weighted by molar-refractivity contribution is 0.377. The lowest BCUT2D eigenvalue weighted by Crippen LogP contribution is -2.51. The largest absolute Gasteiger partial charge is 0.312 e. The van der Waals surface area contributed by atoms with E-state index in [2.05, 4.69) is 23.9 Å². The van der Waals surface area contributed by atoms with Gasteiger partial charge in [0.1, 0.15) is 0 Å². The molecule has 5 heteroatoms. The highest BCUT2D eigenvalue weighted by Gasteiger charge is 2.22. The Balaban J connectivity index is 4.15. The Morgan fingerprint density at radius 3 is 2.00 bits per heavy atom. The standard InChI is InChI=1S/C10H24N2O2S/c1-6-9(7-2)11-8-10(3,4)12-15(5,13)14/h9,11-12H,6-8H2,1-5H3. The van der Waals surface area contributed by atoms with Crippen LogP contribution >= 0.6 is 0 Å². The highest BCUT2D eigenvalue weighted by atomic mass is 32.2. The Morgan fingerprint density at radius 1 is 1.20 bits per heavy atom. The van der Waals surface area contributed by atoms with E-state index in [0.717, 1.165) is 12.8 Å². The Labute approximate surface area is 93.9 Å². The van der Waals surface area contributed by atoms with Crippen LogP contribution in [0.3, 0.4) is 0 Å². The molecule has 0 aliphatic rings. The van der Waals surface area contributed by atoms with Gasteiger partial charge in [-0.15, -0.1) is 0 Å². The maximum atomic E-state index is 11.1. The van der Waals surface area contributed by atoms with E-state index in [1.54, 1.807) is 0 Å². The van der Waals surface area contributed by atoms with Crippen LogP contribution in [-0.2, 0) is 10.0 Å². The summed E-state index contributed by atoms with van der Waals surface area (Å²) < 4.78 is 24.8. The highest BCUT2D eigenvalue weighted by Crippen LogP contribution is 2.04. The Hall–Kier alpha value is -0.130. The van der Waals surface area contributed by atoms with Gasteiger partial charge in [-0.3, -0.25) is 0 Å². The monoisotopic (exact) mass is 236 g/mol. The number of nitrogens with one attached hydrogen (secondary N) is 2. The van der Waals surface area contributed by atoms with Crippen molar-refractivity contribution in [3.05, 3.63) is 0 Å². The van der Waals surface area contributed by atoms with Gasteiger partial charge in [-0.25, -0.2) is 13.1 Å². The van der Waals surface area contributed by atoms with Crippen LogP contribution in [0.5, 0.6) is 0 Å². The summed E-state index contributed by atoms with van der Waals surface area (Å²) in [5, 5.41) is 3.35. The molecule has 0 rings (SSSR count). The van der Waals surface area contributed by atoms with Gasteiger partial charge < -0.3 is 5.32 Å². The third kappa shape index (κ3) is 7.76. The minimum atomic E-state index is -3.13. The van der Waals surface area contributed by atoms with Crippen molar-refractivity contribution in [2.24, 2.45) is 0 Å². The maximum absolute atomic E-state index is 11.1. The normalized spacial score (nSPS) is 13.5. The van der Waals surface area contributed by atoms with E-state index < -0.39 is 15.6 Å². The van der Waals surface area contributed by atoms with Crippen LogP contribution in [0.4, 0.5) is 0 Å². The minimum Gasteiger partial charge on any atom is -0.312 e. The van der Waals surface area contributed by atoms with Crippen LogP contribution in [0.2, 0.25) is 0 Å². The molecule has 0 amide bonds. The first-order chi connectivity index (χ1) is 6.70. The van der Waals surface area contributed by atoms with E-state index in [0.29, 0.717) is 12.6 Å². The molecule has 2 N–H and O–H groups in total. The first-order valence-electron chi connectivity index (χ1n) is 5.42. The molecular weight excluding hydrogens is 212 g/mol. The second-order valence-corrected chi connectivity index (χ2v) is 6.40. The average Bonchev–Trinajstić information content (AvgIpc) is 2.01. The van der Waals surface area contributed by atoms with Crippen molar-refractivity contribution in [3.8, 4) is 0 Å². The SMILES string of the molecule is CCC(CC)NCC(C)(C)NS(C)(=O)=O. The number of hydrogen-bond donors (Lipinski definition) is 2. The molecule has 0 saturated heterocycles. The predicted octanol–water partition coefficient (Wildman–Crippen LogP) is 1.09.